The maximum Gasteiger partial charge on any atom is 0.263 e. The number of amides is 1. The second-order valence-corrected chi connectivity index (χ2v) is 6.15. The summed E-state index contributed by atoms with van der Waals surface area (Å²) in [6.07, 6.45) is 2.28. The van der Waals surface area contributed by atoms with Crippen molar-refractivity contribution in [1.82, 2.24) is 25.5 Å². The Hall–Kier alpha value is -1.80. The molecule has 0 saturated carbocycles. The Morgan fingerprint density at radius 3 is 3.00 bits per heavy atom. The Labute approximate surface area is 127 Å². The molecule has 1 amide bonds. The zero-order valence-corrected chi connectivity index (χ0v) is 13.1. The second-order valence-electron chi connectivity index (χ2n) is 5.24. The number of hydrogen-bond donors (Lipinski definition) is 2. The van der Waals surface area contributed by atoms with Gasteiger partial charge in [-0.1, -0.05) is 20.3 Å². The molecule has 2 heterocycles. The summed E-state index contributed by atoms with van der Waals surface area (Å²) in [6.45, 7) is 5.91. The van der Waals surface area contributed by atoms with Crippen molar-refractivity contribution in [3.63, 3.8) is 0 Å². The van der Waals surface area contributed by atoms with Crippen molar-refractivity contribution in [3.8, 4) is 5.69 Å². The summed E-state index contributed by atoms with van der Waals surface area (Å²) in [5.41, 5.74) is -0.304. The van der Waals surface area contributed by atoms with Crippen LogP contribution in [0.2, 0.25) is 0 Å². The molecular weight excluding hydrogens is 290 g/mol. The van der Waals surface area contributed by atoms with Crippen LogP contribution in [0.1, 0.15) is 36.9 Å². The van der Waals surface area contributed by atoms with E-state index < -0.39 is 5.60 Å². The number of nitrogens with zero attached hydrogens (tertiary/aromatic N) is 4. The number of carbonyl (C=O) groups excluding carboxylic acids is 1. The van der Waals surface area contributed by atoms with E-state index in [1.165, 1.54) is 22.3 Å². The van der Waals surface area contributed by atoms with Crippen molar-refractivity contribution >= 4 is 17.2 Å². The van der Waals surface area contributed by atoms with Gasteiger partial charge in [-0.3, -0.25) is 4.79 Å². The molecule has 0 radical (unpaired) electrons. The highest BCUT2D eigenvalue weighted by atomic mass is 32.1. The van der Waals surface area contributed by atoms with E-state index in [1.807, 2.05) is 13.8 Å². The summed E-state index contributed by atoms with van der Waals surface area (Å²) >= 11 is 1.31. The molecule has 2 atom stereocenters. The van der Waals surface area contributed by atoms with Crippen LogP contribution in [-0.4, -0.2) is 43.4 Å². The topological polar surface area (TPSA) is 92.9 Å². The molecule has 0 fully saturated rings. The number of rotatable bonds is 6. The molecule has 0 aliphatic rings. The third-order valence-electron chi connectivity index (χ3n) is 3.73. The molecule has 21 heavy (non-hydrogen) atoms. The zero-order valence-electron chi connectivity index (χ0n) is 12.3. The largest absolute Gasteiger partial charge is 0.388 e. The van der Waals surface area contributed by atoms with Crippen LogP contribution in [0.15, 0.2) is 17.8 Å². The first kappa shape index (κ1) is 15.6. The van der Waals surface area contributed by atoms with Gasteiger partial charge in [-0.15, -0.1) is 16.4 Å². The molecule has 2 aromatic heterocycles. The van der Waals surface area contributed by atoms with E-state index in [9.17, 15) is 9.90 Å². The number of hydrogen-bond acceptors (Lipinski definition) is 6. The summed E-state index contributed by atoms with van der Waals surface area (Å²) in [5.74, 6) is -0.140. The highest BCUT2D eigenvalue weighted by Gasteiger charge is 2.28. The van der Waals surface area contributed by atoms with E-state index in [-0.39, 0.29) is 18.4 Å². The van der Waals surface area contributed by atoms with Gasteiger partial charge in [0, 0.05) is 6.54 Å². The van der Waals surface area contributed by atoms with Crippen LogP contribution in [0, 0.1) is 5.92 Å². The molecule has 0 saturated heterocycles. The lowest BCUT2D eigenvalue weighted by Gasteiger charge is -2.29. The van der Waals surface area contributed by atoms with Crippen LogP contribution in [0.3, 0.4) is 0 Å². The van der Waals surface area contributed by atoms with Gasteiger partial charge < -0.3 is 10.4 Å². The molecule has 2 unspecified atom stereocenters. The van der Waals surface area contributed by atoms with E-state index in [4.69, 9.17) is 0 Å². The van der Waals surface area contributed by atoms with E-state index in [2.05, 4.69) is 20.8 Å². The molecule has 0 bridgehead atoms. The Morgan fingerprint density at radius 2 is 2.38 bits per heavy atom. The molecule has 114 valence electrons. The van der Waals surface area contributed by atoms with Crippen molar-refractivity contribution in [2.24, 2.45) is 5.92 Å². The van der Waals surface area contributed by atoms with Gasteiger partial charge in [0.25, 0.3) is 5.91 Å². The number of aliphatic hydroxyl groups is 1. The van der Waals surface area contributed by atoms with Gasteiger partial charge in [-0.2, -0.15) is 4.68 Å². The highest BCUT2D eigenvalue weighted by Crippen LogP contribution is 2.22. The smallest absolute Gasteiger partial charge is 0.263 e. The zero-order chi connectivity index (χ0) is 15.5. The van der Waals surface area contributed by atoms with Gasteiger partial charge in [0.15, 0.2) is 0 Å². The van der Waals surface area contributed by atoms with Gasteiger partial charge in [-0.05, 0) is 34.7 Å². The third kappa shape index (κ3) is 3.45. The average molecular weight is 309 g/mol. The number of aromatic nitrogens is 4. The lowest BCUT2D eigenvalue weighted by atomic mass is 9.88. The van der Waals surface area contributed by atoms with Crippen molar-refractivity contribution in [3.05, 3.63) is 22.7 Å². The quantitative estimate of drug-likeness (QED) is 0.837. The Balaban J connectivity index is 2.07. The summed E-state index contributed by atoms with van der Waals surface area (Å²) in [7, 11) is 0. The predicted molar refractivity (Wildman–Crippen MR) is 79.4 cm³/mol. The van der Waals surface area contributed by atoms with Crippen LogP contribution in [0.25, 0.3) is 5.69 Å². The summed E-state index contributed by atoms with van der Waals surface area (Å²) in [6, 6.07) is 1.78. The molecule has 2 rings (SSSR count). The lowest BCUT2D eigenvalue weighted by molar-refractivity contribution is 0.00596. The fourth-order valence-electron chi connectivity index (χ4n) is 1.88. The molecule has 0 aliphatic heterocycles. The average Bonchev–Trinajstić information content (AvgIpc) is 3.13. The minimum Gasteiger partial charge on any atom is -0.388 e. The molecule has 2 N–H and O–H groups in total. The summed E-state index contributed by atoms with van der Waals surface area (Å²) in [5, 5.41) is 25.8. The normalized spacial score (nSPS) is 15.4. The minimum atomic E-state index is -0.934. The number of carbonyl (C=O) groups is 1. The number of nitrogens with one attached hydrogen (secondary N) is 1. The Bertz CT molecular complexity index is 593. The summed E-state index contributed by atoms with van der Waals surface area (Å²) < 4.78 is 1.44. The molecule has 7 nitrogen and oxygen atoms in total. The molecule has 2 aromatic rings. The van der Waals surface area contributed by atoms with Crippen molar-refractivity contribution in [2.75, 3.05) is 6.54 Å². The van der Waals surface area contributed by atoms with Crippen LogP contribution in [0.5, 0.6) is 0 Å². The van der Waals surface area contributed by atoms with Crippen LogP contribution in [-0.2, 0) is 0 Å². The standard InChI is InChI=1S/C13H19N5O2S/c1-4-9(2)13(3,20)7-14-12(19)11-10(5-6-21-11)18-8-15-16-17-18/h5-6,8-9,20H,4,7H2,1-3H3,(H,14,19). The lowest BCUT2D eigenvalue weighted by Crippen LogP contribution is -2.45. The van der Waals surface area contributed by atoms with Gasteiger partial charge in [0.1, 0.15) is 11.2 Å². The second kappa shape index (κ2) is 6.31. The first-order chi connectivity index (χ1) is 9.95. The predicted octanol–water partition coefficient (Wildman–Crippen LogP) is 1.25. The summed E-state index contributed by atoms with van der Waals surface area (Å²) in [4.78, 5) is 12.8. The van der Waals surface area contributed by atoms with Crippen LogP contribution < -0.4 is 5.32 Å². The minimum absolute atomic E-state index is 0.0973. The molecular formula is C13H19N5O2S. The van der Waals surface area contributed by atoms with Crippen LogP contribution >= 0.6 is 11.3 Å². The van der Waals surface area contributed by atoms with Crippen molar-refractivity contribution in [2.45, 2.75) is 32.8 Å². The fourth-order valence-corrected chi connectivity index (χ4v) is 2.67. The van der Waals surface area contributed by atoms with Gasteiger partial charge in [0.2, 0.25) is 0 Å². The van der Waals surface area contributed by atoms with E-state index in [1.54, 1.807) is 18.4 Å². The van der Waals surface area contributed by atoms with E-state index in [0.717, 1.165) is 6.42 Å². The SMILES string of the molecule is CCC(C)C(C)(O)CNC(=O)c1sccc1-n1cnnn1. The molecule has 0 aromatic carbocycles. The van der Waals surface area contributed by atoms with Crippen molar-refractivity contribution in [1.29, 1.82) is 0 Å². The molecule has 0 aliphatic carbocycles. The highest BCUT2D eigenvalue weighted by molar-refractivity contribution is 7.12. The van der Waals surface area contributed by atoms with Crippen LogP contribution in [0.4, 0.5) is 0 Å². The Morgan fingerprint density at radius 1 is 1.62 bits per heavy atom. The molecule has 0 spiro atoms. The first-order valence-electron chi connectivity index (χ1n) is 6.77. The van der Waals surface area contributed by atoms with Crippen molar-refractivity contribution < 1.29 is 9.90 Å². The van der Waals surface area contributed by atoms with Gasteiger partial charge in [-0.25, -0.2) is 0 Å². The van der Waals surface area contributed by atoms with E-state index >= 15 is 0 Å². The Kier molecular flexibility index (Phi) is 4.69. The maximum absolute atomic E-state index is 12.3. The fraction of sp³-hybridized carbons (Fsp3) is 0.538. The van der Waals surface area contributed by atoms with Gasteiger partial charge in [0.05, 0.1) is 11.3 Å². The van der Waals surface area contributed by atoms with Gasteiger partial charge >= 0.3 is 0 Å². The number of thiophene rings is 1. The maximum atomic E-state index is 12.3. The first-order valence-corrected chi connectivity index (χ1v) is 7.65. The van der Waals surface area contributed by atoms with E-state index in [0.29, 0.717) is 10.6 Å². The third-order valence-corrected chi connectivity index (χ3v) is 4.63. The monoisotopic (exact) mass is 309 g/mol. The molecule has 8 heteroatoms. The number of tetrazole rings is 1.